The summed E-state index contributed by atoms with van der Waals surface area (Å²) in [7, 11) is 3.03. The van der Waals surface area contributed by atoms with E-state index in [4.69, 9.17) is 9.47 Å². The number of hydrogen-bond acceptors (Lipinski definition) is 5. The van der Waals surface area contributed by atoms with Gasteiger partial charge in [0.1, 0.15) is 6.54 Å². The molecule has 2 aromatic rings. The van der Waals surface area contributed by atoms with Crippen LogP contribution < -0.4 is 20.3 Å². The van der Waals surface area contributed by atoms with Gasteiger partial charge in [-0.25, -0.2) is 4.98 Å². The van der Waals surface area contributed by atoms with E-state index in [1.165, 1.54) is 25.1 Å². The van der Waals surface area contributed by atoms with Gasteiger partial charge in [0, 0.05) is 12.1 Å². The van der Waals surface area contributed by atoms with Gasteiger partial charge in [0.25, 0.3) is 5.56 Å². The van der Waals surface area contributed by atoms with E-state index in [2.05, 4.69) is 10.3 Å². The first-order valence-corrected chi connectivity index (χ1v) is 8.03. The molecule has 24 heavy (non-hydrogen) atoms. The molecule has 1 aliphatic rings. The van der Waals surface area contributed by atoms with Crippen LogP contribution in [0.3, 0.4) is 0 Å². The number of carbonyl (C=O) groups excluding carboxylic acids is 1. The minimum Gasteiger partial charge on any atom is -0.493 e. The number of nitrogens with one attached hydrogen (secondary N) is 1. The van der Waals surface area contributed by atoms with Crippen LogP contribution in [0.15, 0.2) is 23.3 Å². The van der Waals surface area contributed by atoms with Crippen molar-refractivity contribution in [3.8, 4) is 11.5 Å². The normalized spacial score (nSPS) is 14.8. The lowest BCUT2D eigenvalue weighted by Gasteiger charge is -2.13. The minimum absolute atomic E-state index is 0.0351. The Morgan fingerprint density at radius 3 is 2.58 bits per heavy atom. The second kappa shape index (κ2) is 6.90. The van der Waals surface area contributed by atoms with E-state index < -0.39 is 0 Å². The molecule has 3 rings (SSSR count). The molecule has 7 nitrogen and oxygen atoms in total. The lowest BCUT2D eigenvalue weighted by Crippen LogP contribution is -2.37. The maximum absolute atomic E-state index is 12.6. The fourth-order valence-corrected chi connectivity index (χ4v) is 3.10. The van der Waals surface area contributed by atoms with Gasteiger partial charge >= 0.3 is 0 Å². The monoisotopic (exact) mass is 331 g/mol. The molecule has 1 saturated carbocycles. The maximum atomic E-state index is 12.6. The fourth-order valence-electron chi connectivity index (χ4n) is 3.10. The third kappa shape index (κ3) is 3.20. The van der Waals surface area contributed by atoms with Crippen LogP contribution in [-0.4, -0.2) is 35.7 Å². The number of nitrogens with zero attached hydrogens (tertiary/aromatic N) is 2. The van der Waals surface area contributed by atoms with Crippen LogP contribution in [0.25, 0.3) is 10.9 Å². The van der Waals surface area contributed by atoms with Crippen molar-refractivity contribution in [1.29, 1.82) is 0 Å². The number of ether oxygens (including phenoxy) is 2. The number of aromatic nitrogens is 2. The van der Waals surface area contributed by atoms with Crippen LogP contribution >= 0.6 is 0 Å². The second-order valence-electron chi connectivity index (χ2n) is 5.95. The summed E-state index contributed by atoms with van der Waals surface area (Å²) in [6, 6.07) is 3.47. The first kappa shape index (κ1) is 16.3. The van der Waals surface area contributed by atoms with Crippen molar-refractivity contribution in [3.05, 3.63) is 28.8 Å². The van der Waals surface area contributed by atoms with Crippen LogP contribution in [0, 0.1) is 0 Å². The number of hydrogen-bond donors (Lipinski definition) is 1. The summed E-state index contributed by atoms with van der Waals surface area (Å²) in [5.41, 5.74) is 0.229. The highest BCUT2D eigenvalue weighted by Crippen LogP contribution is 2.29. The van der Waals surface area contributed by atoms with Crippen molar-refractivity contribution < 1.29 is 14.3 Å². The summed E-state index contributed by atoms with van der Waals surface area (Å²) in [4.78, 5) is 29.0. The van der Waals surface area contributed by atoms with Gasteiger partial charge < -0.3 is 14.8 Å². The number of benzene rings is 1. The summed E-state index contributed by atoms with van der Waals surface area (Å²) in [6.45, 7) is -0.0351. The van der Waals surface area contributed by atoms with Crippen LogP contribution in [0.5, 0.6) is 11.5 Å². The fraction of sp³-hybridized carbons (Fsp3) is 0.471. The van der Waals surface area contributed by atoms with Crippen molar-refractivity contribution in [1.82, 2.24) is 14.9 Å². The molecule has 0 unspecified atom stereocenters. The van der Waals surface area contributed by atoms with Gasteiger partial charge in [0.2, 0.25) is 5.91 Å². The molecule has 1 amide bonds. The highest BCUT2D eigenvalue weighted by atomic mass is 16.5. The largest absolute Gasteiger partial charge is 0.493 e. The zero-order chi connectivity index (χ0) is 17.1. The lowest BCUT2D eigenvalue weighted by molar-refractivity contribution is -0.122. The Balaban J connectivity index is 1.87. The van der Waals surface area contributed by atoms with E-state index in [1.54, 1.807) is 12.1 Å². The molecule has 0 radical (unpaired) electrons. The predicted molar refractivity (Wildman–Crippen MR) is 89.5 cm³/mol. The molecule has 0 aliphatic heterocycles. The Labute approximate surface area is 139 Å². The van der Waals surface area contributed by atoms with E-state index in [0.717, 1.165) is 25.7 Å². The van der Waals surface area contributed by atoms with Gasteiger partial charge in [-0.3, -0.25) is 14.2 Å². The minimum atomic E-state index is -0.275. The van der Waals surface area contributed by atoms with Crippen molar-refractivity contribution in [2.45, 2.75) is 38.3 Å². The molecule has 1 aliphatic carbocycles. The molecule has 0 bridgehead atoms. The molecule has 0 spiro atoms. The molecular formula is C17H21N3O4. The van der Waals surface area contributed by atoms with Crippen molar-refractivity contribution >= 4 is 16.8 Å². The SMILES string of the molecule is COc1cc2ncn(CC(=O)NC3CCCC3)c(=O)c2cc1OC. The highest BCUT2D eigenvalue weighted by Gasteiger charge is 2.18. The zero-order valence-corrected chi connectivity index (χ0v) is 13.9. The summed E-state index contributed by atoms with van der Waals surface area (Å²) < 4.78 is 11.8. The third-order valence-electron chi connectivity index (χ3n) is 4.36. The van der Waals surface area contributed by atoms with E-state index in [1.807, 2.05) is 0 Å². The molecule has 0 atom stereocenters. The van der Waals surface area contributed by atoms with Crippen molar-refractivity contribution in [2.75, 3.05) is 14.2 Å². The van der Waals surface area contributed by atoms with Crippen LogP contribution in [0.2, 0.25) is 0 Å². The van der Waals surface area contributed by atoms with Crippen molar-refractivity contribution in [2.24, 2.45) is 0 Å². The molecule has 1 N–H and O–H groups in total. The average Bonchev–Trinajstić information content (AvgIpc) is 3.09. The zero-order valence-electron chi connectivity index (χ0n) is 13.9. The molecule has 1 heterocycles. The van der Waals surface area contributed by atoms with Crippen LogP contribution in [0.4, 0.5) is 0 Å². The maximum Gasteiger partial charge on any atom is 0.261 e. The molecule has 7 heteroatoms. The Morgan fingerprint density at radius 1 is 1.25 bits per heavy atom. The van der Waals surface area contributed by atoms with Gasteiger partial charge in [-0.05, 0) is 18.9 Å². The average molecular weight is 331 g/mol. The molecule has 0 saturated heterocycles. The first-order valence-electron chi connectivity index (χ1n) is 8.03. The molecule has 1 aromatic carbocycles. The third-order valence-corrected chi connectivity index (χ3v) is 4.36. The van der Waals surface area contributed by atoms with E-state index in [-0.39, 0.29) is 24.1 Å². The Morgan fingerprint density at radius 2 is 1.92 bits per heavy atom. The molecule has 128 valence electrons. The molecular weight excluding hydrogens is 310 g/mol. The molecule has 1 aromatic heterocycles. The Hall–Kier alpha value is -2.57. The van der Waals surface area contributed by atoms with E-state index in [9.17, 15) is 9.59 Å². The van der Waals surface area contributed by atoms with Gasteiger partial charge in [-0.15, -0.1) is 0 Å². The number of carbonyl (C=O) groups is 1. The standard InChI is InChI=1S/C17H21N3O4/c1-23-14-7-12-13(8-15(14)24-2)18-10-20(17(12)22)9-16(21)19-11-5-3-4-6-11/h7-8,10-11H,3-6,9H2,1-2H3,(H,19,21). The number of fused-ring (bicyclic) bond motifs is 1. The van der Waals surface area contributed by atoms with Crippen LogP contribution in [0.1, 0.15) is 25.7 Å². The van der Waals surface area contributed by atoms with E-state index >= 15 is 0 Å². The number of rotatable bonds is 5. The van der Waals surface area contributed by atoms with Gasteiger partial charge in [0.15, 0.2) is 11.5 Å². The van der Waals surface area contributed by atoms with Crippen molar-refractivity contribution in [3.63, 3.8) is 0 Å². The van der Waals surface area contributed by atoms with Gasteiger partial charge in [-0.1, -0.05) is 12.8 Å². The molecule has 1 fully saturated rings. The first-order chi connectivity index (χ1) is 11.6. The number of amides is 1. The van der Waals surface area contributed by atoms with Crippen LogP contribution in [-0.2, 0) is 11.3 Å². The topological polar surface area (TPSA) is 82.5 Å². The Bertz CT molecular complexity index is 809. The predicted octanol–water partition coefficient (Wildman–Crippen LogP) is 1.47. The van der Waals surface area contributed by atoms with Gasteiger partial charge in [-0.2, -0.15) is 0 Å². The summed E-state index contributed by atoms with van der Waals surface area (Å²) >= 11 is 0. The smallest absolute Gasteiger partial charge is 0.261 e. The summed E-state index contributed by atoms with van der Waals surface area (Å²) in [5, 5.41) is 3.36. The van der Waals surface area contributed by atoms with E-state index in [0.29, 0.717) is 22.4 Å². The lowest BCUT2D eigenvalue weighted by atomic mass is 10.2. The number of methoxy groups -OCH3 is 2. The summed E-state index contributed by atoms with van der Waals surface area (Å²) in [6.07, 6.45) is 5.69. The highest BCUT2D eigenvalue weighted by molar-refractivity contribution is 5.82. The second-order valence-corrected chi connectivity index (χ2v) is 5.95. The summed E-state index contributed by atoms with van der Waals surface area (Å²) in [5.74, 6) is 0.802. The quantitative estimate of drug-likeness (QED) is 0.897. The Kier molecular flexibility index (Phi) is 4.69. The van der Waals surface area contributed by atoms with Gasteiger partial charge in [0.05, 0.1) is 31.4 Å².